The van der Waals surface area contributed by atoms with Crippen LogP contribution in [0, 0.1) is 0 Å². The number of morpholine rings is 2. The molecule has 2 saturated heterocycles. The Bertz CT molecular complexity index is 775. The van der Waals surface area contributed by atoms with Gasteiger partial charge in [0, 0.05) is 61.5 Å². The van der Waals surface area contributed by atoms with Crippen molar-refractivity contribution in [3.8, 4) is 22.6 Å². The molecule has 0 radical (unpaired) electrons. The Morgan fingerprint density at radius 3 is 1.52 bits per heavy atom. The predicted octanol–water partition coefficient (Wildman–Crippen LogP) is 2.75. The van der Waals surface area contributed by atoms with Gasteiger partial charge < -0.3 is 18.9 Å². The predicted molar refractivity (Wildman–Crippen MR) is 110 cm³/mol. The lowest BCUT2D eigenvalue weighted by Crippen LogP contribution is -2.35. The average molecular weight is 396 g/mol. The van der Waals surface area contributed by atoms with E-state index in [-0.39, 0.29) is 6.79 Å². The first-order valence-corrected chi connectivity index (χ1v) is 10.5. The molecule has 2 aromatic carbocycles. The van der Waals surface area contributed by atoms with Crippen LogP contribution in [0.3, 0.4) is 0 Å². The molecule has 154 valence electrons. The molecule has 0 spiro atoms. The minimum absolute atomic E-state index is 0.236. The van der Waals surface area contributed by atoms with Gasteiger partial charge >= 0.3 is 0 Å². The quantitative estimate of drug-likeness (QED) is 0.792. The Labute approximate surface area is 171 Å². The summed E-state index contributed by atoms with van der Waals surface area (Å²) in [4.78, 5) is 4.84. The molecule has 5 rings (SSSR count). The van der Waals surface area contributed by atoms with E-state index in [1.807, 2.05) is 0 Å². The van der Waals surface area contributed by atoms with Crippen LogP contribution in [0.1, 0.15) is 11.1 Å². The Morgan fingerprint density at radius 2 is 1.07 bits per heavy atom. The molecular weight excluding hydrogens is 368 g/mol. The number of fused-ring (bicyclic) bond motifs is 3. The molecule has 0 amide bonds. The minimum atomic E-state index is 0.236. The molecule has 0 atom stereocenters. The molecule has 0 aromatic heterocycles. The third kappa shape index (κ3) is 4.12. The number of nitrogens with zero attached hydrogens (tertiary/aromatic N) is 2. The maximum Gasteiger partial charge on any atom is 0.230 e. The van der Waals surface area contributed by atoms with Crippen LogP contribution in [0.15, 0.2) is 36.4 Å². The molecule has 0 aliphatic carbocycles. The van der Waals surface area contributed by atoms with Crippen molar-refractivity contribution in [3.63, 3.8) is 0 Å². The molecule has 3 heterocycles. The van der Waals surface area contributed by atoms with E-state index in [1.165, 1.54) is 11.1 Å². The number of hydrogen-bond acceptors (Lipinski definition) is 6. The smallest absolute Gasteiger partial charge is 0.230 e. The van der Waals surface area contributed by atoms with Crippen LogP contribution in [0.2, 0.25) is 0 Å². The fourth-order valence-electron chi connectivity index (χ4n) is 4.33. The summed E-state index contributed by atoms with van der Waals surface area (Å²) in [5.74, 6) is 1.89. The monoisotopic (exact) mass is 396 g/mol. The van der Waals surface area contributed by atoms with Crippen LogP contribution in [0.4, 0.5) is 0 Å². The first kappa shape index (κ1) is 18.9. The Morgan fingerprint density at radius 1 is 0.621 bits per heavy atom. The average Bonchev–Trinajstić information content (AvgIpc) is 2.96. The van der Waals surface area contributed by atoms with Gasteiger partial charge in [-0.05, 0) is 0 Å². The molecule has 0 bridgehead atoms. The number of ether oxygens (including phenoxy) is 4. The fourth-order valence-corrected chi connectivity index (χ4v) is 4.33. The summed E-state index contributed by atoms with van der Waals surface area (Å²) in [6.45, 7) is 9.01. The van der Waals surface area contributed by atoms with E-state index >= 15 is 0 Å². The summed E-state index contributed by atoms with van der Waals surface area (Å²) in [5.41, 5.74) is 4.65. The molecule has 3 aliphatic rings. The number of hydrogen-bond donors (Lipinski definition) is 0. The summed E-state index contributed by atoms with van der Waals surface area (Å²) in [5, 5.41) is 0. The Balaban J connectivity index is 1.45. The van der Waals surface area contributed by atoms with Gasteiger partial charge in [0.15, 0.2) is 0 Å². The lowest BCUT2D eigenvalue weighted by Gasteiger charge is -2.27. The largest absolute Gasteiger partial charge is 0.457 e. The standard InChI is InChI=1S/C23H28N2O4/c1-3-18(15-24-7-11-26-12-8-24)22-20(5-1)21-6-2-4-19(23(21)29-17-28-22)16-25-9-13-27-14-10-25/h1-6H,7-17H2. The lowest BCUT2D eigenvalue weighted by molar-refractivity contribution is 0.0328. The van der Waals surface area contributed by atoms with E-state index in [2.05, 4.69) is 46.2 Å². The summed E-state index contributed by atoms with van der Waals surface area (Å²) in [6, 6.07) is 12.9. The molecule has 2 fully saturated rings. The number of benzene rings is 2. The van der Waals surface area contributed by atoms with Crippen LogP contribution in [-0.4, -0.2) is 69.2 Å². The van der Waals surface area contributed by atoms with Crippen molar-refractivity contribution < 1.29 is 18.9 Å². The zero-order chi connectivity index (χ0) is 19.5. The van der Waals surface area contributed by atoms with E-state index in [0.717, 1.165) is 88.3 Å². The highest BCUT2D eigenvalue weighted by Gasteiger charge is 2.23. The van der Waals surface area contributed by atoms with Crippen molar-refractivity contribution in [2.24, 2.45) is 0 Å². The van der Waals surface area contributed by atoms with Crippen molar-refractivity contribution in [2.75, 3.05) is 59.4 Å². The molecule has 3 aliphatic heterocycles. The molecular formula is C23H28N2O4. The zero-order valence-corrected chi connectivity index (χ0v) is 16.8. The van der Waals surface area contributed by atoms with Crippen LogP contribution in [0.5, 0.6) is 11.5 Å². The molecule has 0 unspecified atom stereocenters. The van der Waals surface area contributed by atoms with E-state index in [0.29, 0.717) is 0 Å². The highest BCUT2D eigenvalue weighted by molar-refractivity contribution is 5.78. The summed E-state index contributed by atoms with van der Waals surface area (Å²) in [7, 11) is 0. The van der Waals surface area contributed by atoms with Gasteiger partial charge in [0.1, 0.15) is 11.5 Å². The summed E-state index contributed by atoms with van der Waals surface area (Å²) >= 11 is 0. The van der Waals surface area contributed by atoms with Crippen molar-refractivity contribution in [2.45, 2.75) is 13.1 Å². The van der Waals surface area contributed by atoms with Crippen molar-refractivity contribution >= 4 is 0 Å². The van der Waals surface area contributed by atoms with Gasteiger partial charge in [0.2, 0.25) is 6.79 Å². The van der Waals surface area contributed by atoms with Gasteiger partial charge in [-0.25, -0.2) is 0 Å². The van der Waals surface area contributed by atoms with Crippen LogP contribution in [-0.2, 0) is 22.6 Å². The Kier molecular flexibility index (Phi) is 5.67. The first-order valence-electron chi connectivity index (χ1n) is 10.5. The second-order valence-corrected chi connectivity index (χ2v) is 7.77. The van der Waals surface area contributed by atoms with Gasteiger partial charge in [-0.3, -0.25) is 9.80 Å². The second kappa shape index (κ2) is 8.71. The SMILES string of the molecule is c1cc(CN2CCOCC2)c2c(c1)-c1cccc(CN3CCOCC3)c1OCO2. The minimum Gasteiger partial charge on any atom is -0.457 e. The Hall–Kier alpha value is -2.12. The van der Waals surface area contributed by atoms with Gasteiger partial charge in [0.25, 0.3) is 0 Å². The summed E-state index contributed by atoms with van der Waals surface area (Å²) in [6.07, 6.45) is 0. The molecule has 2 aromatic rings. The zero-order valence-electron chi connectivity index (χ0n) is 16.8. The molecule has 6 nitrogen and oxygen atoms in total. The fraction of sp³-hybridized carbons (Fsp3) is 0.478. The van der Waals surface area contributed by atoms with Crippen LogP contribution < -0.4 is 9.47 Å². The third-order valence-electron chi connectivity index (χ3n) is 5.89. The normalized spacial score (nSPS) is 20.1. The third-order valence-corrected chi connectivity index (χ3v) is 5.89. The molecule has 0 N–H and O–H groups in total. The number of para-hydroxylation sites is 2. The lowest BCUT2D eigenvalue weighted by atomic mass is 9.97. The van der Waals surface area contributed by atoms with E-state index in [1.54, 1.807) is 0 Å². The topological polar surface area (TPSA) is 43.4 Å². The van der Waals surface area contributed by atoms with Gasteiger partial charge in [-0.2, -0.15) is 0 Å². The van der Waals surface area contributed by atoms with E-state index < -0.39 is 0 Å². The van der Waals surface area contributed by atoms with Gasteiger partial charge in [-0.15, -0.1) is 0 Å². The van der Waals surface area contributed by atoms with Gasteiger partial charge in [-0.1, -0.05) is 36.4 Å². The number of rotatable bonds is 4. The van der Waals surface area contributed by atoms with Crippen molar-refractivity contribution in [1.29, 1.82) is 0 Å². The molecule has 0 saturated carbocycles. The highest BCUT2D eigenvalue weighted by Crippen LogP contribution is 2.43. The highest BCUT2D eigenvalue weighted by atomic mass is 16.7. The maximum atomic E-state index is 6.13. The van der Waals surface area contributed by atoms with Crippen LogP contribution >= 0.6 is 0 Å². The van der Waals surface area contributed by atoms with Crippen molar-refractivity contribution in [3.05, 3.63) is 47.5 Å². The molecule has 29 heavy (non-hydrogen) atoms. The van der Waals surface area contributed by atoms with E-state index in [9.17, 15) is 0 Å². The summed E-state index contributed by atoms with van der Waals surface area (Å²) < 4.78 is 23.2. The van der Waals surface area contributed by atoms with E-state index in [4.69, 9.17) is 18.9 Å². The van der Waals surface area contributed by atoms with Gasteiger partial charge in [0.05, 0.1) is 26.4 Å². The van der Waals surface area contributed by atoms with Crippen molar-refractivity contribution in [1.82, 2.24) is 9.80 Å². The first-order chi connectivity index (χ1) is 14.4. The second-order valence-electron chi connectivity index (χ2n) is 7.77. The maximum absolute atomic E-state index is 6.13. The van der Waals surface area contributed by atoms with Crippen LogP contribution in [0.25, 0.3) is 11.1 Å². The molecule has 6 heteroatoms.